The molecule has 0 radical (unpaired) electrons. The molecular formula is C16H24N2O4S. The Bertz CT molecular complexity index is 662. The van der Waals surface area contributed by atoms with Crippen LogP contribution in [-0.4, -0.2) is 45.7 Å². The average Bonchev–Trinajstić information content (AvgIpc) is 2.76. The fourth-order valence-electron chi connectivity index (χ4n) is 2.37. The lowest BCUT2D eigenvalue weighted by molar-refractivity contribution is 0.131. The fourth-order valence-corrected chi connectivity index (χ4v) is 3.42. The van der Waals surface area contributed by atoms with Crippen LogP contribution in [0.2, 0.25) is 0 Å². The second-order valence-electron chi connectivity index (χ2n) is 6.85. The van der Waals surface area contributed by atoms with Crippen molar-refractivity contribution in [3.63, 3.8) is 0 Å². The van der Waals surface area contributed by atoms with Crippen LogP contribution in [0.5, 0.6) is 0 Å². The van der Waals surface area contributed by atoms with Crippen LogP contribution in [0.1, 0.15) is 32.8 Å². The third kappa shape index (κ3) is 4.45. The van der Waals surface area contributed by atoms with E-state index in [4.69, 9.17) is 4.74 Å². The zero-order valence-electron chi connectivity index (χ0n) is 14.0. The maximum Gasteiger partial charge on any atom is 0.409 e. The minimum atomic E-state index is -3.55. The smallest absolute Gasteiger partial charge is 0.409 e. The Balaban J connectivity index is 1.93. The zero-order valence-corrected chi connectivity index (χ0v) is 14.8. The molecule has 2 rings (SSSR count). The summed E-state index contributed by atoms with van der Waals surface area (Å²) in [5, 5.41) is 0. The van der Waals surface area contributed by atoms with Crippen molar-refractivity contribution >= 4 is 16.1 Å². The Morgan fingerprint density at radius 2 is 1.87 bits per heavy atom. The lowest BCUT2D eigenvalue weighted by atomic mass is 9.87. The molecule has 1 N–H and O–H groups in total. The second kappa shape index (κ2) is 6.49. The topological polar surface area (TPSA) is 75.7 Å². The van der Waals surface area contributed by atoms with Gasteiger partial charge in [0.25, 0.3) is 0 Å². The van der Waals surface area contributed by atoms with Gasteiger partial charge in [-0.2, -0.15) is 0 Å². The van der Waals surface area contributed by atoms with E-state index in [1.54, 1.807) is 19.2 Å². The van der Waals surface area contributed by atoms with Crippen LogP contribution >= 0.6 is 0 Å². The van der Waals surface area contributed by atoms with Gasteiger partial charge in [0.15, 0.2) is 0 Å². The number of carbonyl (C=O) groups excluding carboxylic acids is 1. The van der Waals surface area contributed by atoms with Crippen molar-refractivity contribution in [2.24, 2.45) is 0 Å². The predicted octanol–water partition coefficient (Wildman–Crippen LogP) is 2.10. The lowest BCUT2D eigenvalue weighted by Gasteiger charge is -2.19. The number of likely N-dealkylation sites (N-methyl/N-ethyl adjacent to an activating group) is 1. The number of hydrogen-bond donors (Lipinski definition) is 1. The highest BCUT2D eigenvalue weighted by Gasteiger charge is 2.28. The van der Waals surface area contributed by atoms with E-state index >= 15 is 0 Å². The van der Waals surface area contributed by atoms with Gasteiger partial charge < -0.3 is 9.64 Å². The van der Waals surface area contributed by atoms with Crippen molar-refractivity contribution in [3.8, 4) is 0 Å². The molecule has 0 bridgehead atoms. The molecule has 128 valence electrons. The molecule has 6 nitrogen and oxygen atoms in total. The summed E-state index contributed by atoms with van der Waals surface area (Å²) in [5.74, 6) is 0. The minimum Gasteiger partial charge on any atom is -0.444 e. The van der Waals surface area contributed by atoms with E-state index in [1.165, 1.54) is 4.90 Å². The van der Waals surface area contributed by atoms with Crippen molar-refractivity contribution in [2.75, 3.05) is 20.1 Å². The Kier molecular flexibility index (Phi) is 5.01. The van der Waals surface area contributed by atoms with Crippen molar-refractivity contribution in [1.29, 1.82) is 0 Å². The molecule has 23 heavy (non-hydrogen) atoms. The third-order valence-corrected chi connectivity index (χ3v) is 5.32. The highest BCUT2D eigenvalue weighted by molar-refractivity contribution is 7.89. The molecule has 1 aromatic rings. The Morgan fingerprint density at radius 3 is 2.35 bits per heavy atom. The molecule has 1 atom stereocenters. The van der Waals surface area contributed by atoms with Gasteiger partial charge in [0.1, 0.15) is 6.10 Å². The summed E-state index contributed by atoms with van der Waals surface area (Å²) in [5.41, 5.74) is 1.06. The molecule has 7 heteroatoms. The lowest BCUT2D eigenvalue weighted by Crippen LogP contribution is -2.28. The van der Waals surface area contributed by atoms with Crippen LogP contribution < -0.4 is 4.72 Å². The van der Waals surface area contributed by atoms with Crippen LogP contribution in [0, 0.1) is 0 Å². The van der Waals surface area contributed by atoms with E-state index in [2.05, 4.69) is 25.5 Å². The number of ether oxygens (including phenoxy) is 1. The van der Waals surface area contributed by atoms with E-state index in [0.717, 1.165) is 5.56 Å². The number of nitrogens with one attached hydrogen (secondary N) is 1. The summed E-state index contributed by atoms with van der Waals surface area (Å²) in [4.78, 5) is 13.0. The SMILES string of the molecule is CN1CC(CCNS(=O)(=O)c2ccc(C(C)(C)C)cc2)OC1=O. The molecule has 0 spiro atoms. The van der Waals surface area contributed by atoms with Crippen LogP contribution in [0.15, 0.2) is 29.2 Å². The number of nitrogens with zero attached hydrogens (tertiary/aromatic N) is 1. The van der Waals surface area contributed by atoms with E-state index in [-0.39, 0.29) is 29.1 Å². The Labute approximate surface area is 137 Å². The summed E-state index contributed by atoms with van der Waals surface area (Å²) in [6.07, 6.45) is -0.177. The maximum atomic E-state index is 12.3. The number of benzene rings is 1. The molecule has 1 amide bonds. The zero-order chi connectivity index (χ0) is 17.3. The summed E-state index contributed by atoms with van der Waals surface area (Å²) in [6, 6.07) is 6.91. The monoisotopic (exact) mass is 340 g/mol. The van der Waals surface area contributed by atoms with Gasteiger partial charge >= 0.3 is 6.09 Å². The van der Waals surface area contributed by atoms with Crippen LogP contribution in [0.4, 0.5) is 4.79 Å². The third-order valence-electron chi connectivity index (χ3n) is 3.85. The van der Waals surface area contributed by atoms with Gasteiger partial charge in [-0.1, -0.05) is 32.9 Å². The highest BCUT2D eigenvalue weighted by atomic mass is 32.2. The molecule has 1 aliphatic heterocycles. The molecule has 1 aromatic carbocycles. The summed E-state index contributed by atoms with van der Waals surface area (Å²) >= 11 is 0. The molecule has 0 aromatic heterocycles. The van der Waals surface area contributed by atoms with Crippen LogP contribution in [0.3, 0.4) is 0 Å². The molecule has 0 aliphatic carbocycles. The number of cyclic esters (lactones) is 1. The molecule has 1 aliphatic rings. The van der Waals surface area contributed by atoms with Crippen molar-refractivity contribution < 1.29 is 17.9 Å². The number of amides is 1. The van der Waals surface area contributed by atoms with E-state index < -0.39 is 10.0 Å². The van der Waals surface area contributed by atoms with Crippen LogP contribution in [-0.2, 0) is 20.2 Å². The van der Waals surface area contributed by atoms with Gasteiger partial charge in [-0.05, 0) is 29.5 Å². The van der Waals surface area contributed by atoms with Crippen molar-refractivity contribution in [2.45, 2.75) is 43.6 Å². The van der Waals surface area contributed by atoms with E-state index in [1.807, 2.05) is 12.1 Å². The summed E-state index contributed by atoms with van der Waals surface area (Å²) in [6.45, 7) is 6.95. The first-order chi connectivity index (χ1) is 10.6. The van der Waals surface area contributed by atoms with Gasteiger partial charge in [0, 0.05) is 13.6 Å². The van der Waals surface area contributed by atoms with Gasteiger partial charge in [-0.25, -0.2) is 17.9 Å². The Morgan fingerprint density at radius 1 is 1.26 bits per heavy atom. The molecule has 0 saturated carbocycles. The quantitative estimate of drug-likeness (QED) is 0.891. The number of carbonyl (C=O) groups is 1. The van der Waals surface area contributed by atoms with Crippen LogP contribution in [0.25, 0.3) is 0 Å². The number of hydrogen-bond acceptors (Lipinski definition) is 4. The van der Waals surface area contributed by atoms with E-state index in [0.29, 0.717) is 13.0 Å². The summed E-state index contributed by atoms with van der Waals surface area (Å²) < 4.78 is 32.2. The number of sulfonamides is 1. The second-order valence-corrected chi connectivity index (χ2v) is 8.61. The minimum absolute atomic E-state index is 0.0197. The summed E-state index contributed by atoms with van der Waals surface area (Å²) in [7, 11) is -1.89. The molecule has 1 saturated heterocycles. The highest BCUT2D eigenvalue weighted by Crippen LogP contribution is 2.23. The maximum absolute atomic E-state index is 12.3. The molecular weight excluding hydrogens is 316 g/mol. The fraction of sp³-hybridized carbons (Fsp3) is 0.562. The standard InChI is InChI=1S/C16H24N2O4S/c1-16(2,3)12-5-7-14(8-6-12)23(20,21)17-10-9-13-11-18(4)15(19)22-13/h5-8,13,17H,9-11H2,1-4H3. The first kappa shape index (κ1) is 17.7. The van der Waals surface area contributed by atoms with Gasteiger partial charge in [0.05, 0.1) is 11.4 Å². The normalized spacial score (nSPS) is 19.0. The number of rotatable bonds is 5. The molecule has 1 heterocycles. The van der Waals surface area contributed by atoms with Gasteiger partial charge in [-0.3, -0.25) is 0 Å². The predicted molar refractivity (Wildman–Crippen MR) is 87.8 cm³/mol. The first-order valence-electron chi connectivity index (χ1n) is 7.61. The van der Waals surface area contributed by atoms with E-state index in [9.17, 15) is 13.2 Å². The van der Waals surface area contributed by atoms with Crippen molar-refractivity contribution in [1.82, 2.24) is 9.62 Å². The largest absolute Gasteiger partial charge is 0.444 e. The molecule has 1 unspecified atom stereocenters. The van der Waals surface area contributed by atoms with Gasteiger partial charge in [0.2, 0.25) is 10.0 Å². The van der Waals surface area contributed by atoms with Gasteiger partial charge in [-0.15, -0.1) is 0 Å². The Hall–Kier alpha value is -1.60. The first-order valence-corrected chi connectivity index (χ1v) is 9.10. The van der Waals surface area contributed by atoms with Crippen molar-refractivity contribution in [3.05, 3.63) is 29.8 Å². The molecule has 1 fully saturated rings. The average molecular weight is 340 g/mol.